The quantitative estimate of drug-likeness (QED) is 0.771. The zero-order chi connectivity index (χ0) is 14.4. The van der Waals surface area contributed by atoms with Crippen LogP contribution in [0.1, 0.15) is 18.7 Å². The van der Waals surface area contributed by atoms with Crippen LogP contribution in [0, 0.1) is 0 Å². The molecule has 1 unspecified atom stereocenters. The van der Waals surface area contributed by atoms with Crippen molar-refractivity contribution in [3.05, 3.63) is 11.1 Å². The molecule has 1 aromatic rings. The van der Waals surface area contributed by atoms with Gasteiger partial charge in [0, 0.05) is 56.9 Å². The summed E-state index contributed by atoms with van der Waals surface area (Å²) in [6.07, 6.45) is 2.00. The highest BCUT2D eigenvalue weighted by molar-refractivity contribution is 7.15. The zero-order valence-electron chi connectivity index (χ0n) is 12.8. The van der Waals surface area contributed by atoms with Crippen LogP contribution < -0.4 is 10.2 Å². The lowest BCUT2D eigenvalue weighted by Gasteiger charge is -2.39. The van der Waals surface area contributed by atoms with Crippen LogP contribution in [0.5, 0.6) is 0 Å². The highest BCUT2D eigenvalue weighted by atomic mass is 32.1. The molecule has 0 spiro atoms. The van der Waals surface area contributed by atoms with Crippen LogP contribution in [-0.2, 0) is 11.3 Å². The number of nitrogens with one attached hydrogen (secondary N) is 1. The molecule has 1 saturated heterocycles. The number of thiazole rings is 1. The van der Waals surface area contributed by atoms with Crippen molar-refractivity contribution in [2.45, 2.75) is 26.4 Å². The van der Waals surface area contributed by atoms with Crippen molar-refractivity contribution in [2.75, 3.05) is 51.3 Å². The Morgan fingerprint density at radius 2 is 2.35 bits per heavy atom. The number of hydrogen-bond donors (Lipinski definition) is 1. The molecule has 114 valence electrons. The average Bonchev–Trinajstić information content (AvgIpc) is 2.92. The minimum absolute atomic E-state index is 0.612. The Labute approximate surface area is 125 Å². The average molecular weight is 298 g/mol. The fourth-order valence-electron chi connectivity index (χ4n) is 2.55. The lowest BCUT2D eigenvalue weighted by Crippen LogP contribution is -2.51. The number of piperazine rings is 1. The molecule has 1 aliphatic heterocycles. The second kappa shape index (κ2) is 7.93. The van der Waals surface area contributed by atoms with Crippen molar-refractivity contribution in [1.29, 1.82) is 0 Å². The summed E-state index contributed by atoms with van der Waals surface area (Å²) < 4.78 is 5.03. The van der Waals surface area contributed by atoms with Crippen molar-refractivity contribution in [3.63, 3.8) is 0 Å². The Morgan fingerprint density at radius 1 is 1.50 bits per heavy atom. The maximum Gasteiger partial charge on any atom is 0.185 e. The van der Waals surface area contributed by atoms with Crippen LogP contribution in [0.2, 0.25) is 0 Å². The largest absolute Gasteiger partial charge is 0.383 e. The predicted octanol–water partition coefficient (Wildman–Crippen LogP) is 1.41. The third-order valence-corrected chi connectivity index (χ3v) is 4.82. The van der Waals surface area contributed by atoms with Crippen LogP contribution in [0.25, 0.3) is 0 Å². The maximum atomic E-state index is 5.03. The van der Waals surface area contributed by atoms with Crippen LogP contribution >= 0.6 is 11.3 Å². The SMILES string of the molecule is CCN1CCN(c2ncc(CNCCOC)s2)CC1C. The first-order valence-corrected chi connectivity index (χ1v) is 8.19. The molecule has 1 aromatic heterocycles. The molecule has 0 aromatic carbocycles. The normalized spacial score (nSPS) is 20.6. The first kappa shape index (κ1) is 15.7. The summed E-state index contributed by atoms with van der Waals surface area (Å²) in [5.74, 6) is 0. The fraction of sp³-hybridized carbons (Fsp3) is 0.786. The van der Waals surface area contributed by atoms with Gasteiger partial charge in [0.25, 0.3) is 0 Å². The number of anilines is 1. The van der Waals surface area contributed by atoms with Crippen molar-refractivity contribution >= 4 is 16.5 Å². The molecule has 0 aliphatic carbocycles. The van der Waals surface area contributed by atoms with Crippen LogP contribution in [0.4, 0.5) is 5.13 Å². The van der Waals surface area contributed by atoms with E-state index in [1.165, 1.54) is 4.88 Å². The maximum absolute atomic E-state index is 5.03. The molecular weight excluding hydrogens is 272 g/mol. The van der Waals surface area contributed by atoms with Gasteiger partial charge in [-0.15, -0.1) is 11.3 Å². The van der Waals surface area contributed by atoms with E-state index in [9.17, 15) is 0 Å². The zero-order valence-corrected chi connectivity index (χ0v) is 13.6. The topological polar surface area (TPSA) is 40.6 Å². The summed E-state index contributed by atoms with van der Waals surface area (Å²) >= 11 is 1.80. The smallest absolute Gasteiger partial charge is 0.185 e. The van der Waals surface area contributed by atoms with E-state index in [4.69, 9.17) is 4.74 Å². The number of aromatic nitrogens is 1. The van der Waals surface area contributed by atoms with E-state index in [2.05, 4.69) is 33.9 Å². The van der Waals surface area contributed by atoms with Gasteiger partial charge in [0.1, 0.15) is 0 Å². The molecule has 2 heterocycles. The van der Waals surface area contributed by atoms with E-state index in [0.29, 0.717) is 6.04 Å². The third-order valence-electron chi connectivity index (χ3n) is 3.77. The number of hydrogen-bond acceptors (Lipinski definition) is 6. The number of likely N-dealkylation sites (N-methyl/N-ethyl adjacent to an activating group) is 1. The Morgan fingerprint density at radius 3 is 3.05 bits per heavy atom. The molecule has 0 radical (unpaired) electrons. The number of methoxy groups -OCH3 is 1. The molecule has 20 heavy (non-hydrogen) atoms. The third kappa shape index (κ3) is 4.15. The molecule has 2 rings (SSSR count). The van der Waals surface area contributed by atoms with Gasteiger partial charge in [0.05, 0.1) is 6.61 Å². The van der Waals surface area contributed by atoms with Gasteiger partial charge in [-0.25, -0.2) is 4.98 Å². The second-order valence-electron chi connectivity index (χ2n) is 5.20. The van der Waals surface area contributed by atoms with Crippen molar-refractivity contribution in [1.82, 2.24) is 15.2 Å². The van der Waals surface area contributed by atoms with Gasteiger partial charge in [-0.3, -0.25) is 4.90 Å². The molecule has 0 saturated carbocycles. The molecule has 1 fully saturated rings. The molecule has 1 N–H and O–H groups in total. The van der Waals surface area contributed by atoms with E-state index < -0.39 is 0 Å². The predicted molar refractivity (Wildman–Crippen MR) is 84.6 cm³/mol. The fourth-order valence-corrected chi connectivity index (χ4v) is 3.46. The van der Waals surface area contributed by atoms with Gasteiger partial charge in [0.2, 0.25) is 0 Å². The van der Waals surface area contributed by atoms with E-state index in [0.717, 1.165) is 51.0 Å². The molecule has 6 heteroatoms. The summed E-state index contributed by atoms with van der Waals surface area (Å²) in [7, 11) is 1.73. The Kier molecular flexibility index (Phi) is 6.22. The van der Waals surface area contributed by atoms with Gasteiger partial charge in [-0.05, 0) is 13.5 Å². The molecule has 1 aliphatic rings. The van der Waals surface area contributed by atoms with Crippen LogP contribution in [0.3, 0.4) is 0 Å². The molecular formula is C14H26N4OS. The first-order chi connectivity index (χ1) is 9.74. The van der Waals surface area contributed by atoms with Gasteiger partial charge in [-0.2, -0.15) is 0 Å². The number of ether oxygens (including phenoxy) is 1. The molecule has 0 amide bonds. The standard InChI is InChI=1S/C14H26N4OS/c1-4-17-6-7-18(11-12(17)2)14-16-10-13(20-14)9-15-5-8-19-3/h10,12,15H,4-9,11H2,1-3H3. The summed E-state index contributed by atoms with van der Waals surface area (Å²) in [5, 5.41) is 4.53. The van der Waals surface area contributed by atoms with Gasteiger partial charge in [0.15, 0.2) is 5.13 Å². The molecule has 5 nitrogen and oxygen atoms in total. The Bertz CT molecular complexity index is 398. The summed E-state index contributed by atoms with van der Waals surface area (Å²) in [6.45, 7) is 11.5. The van der Waals surface area contributed by atoms with Gasteiger partial charge < -0.3 is 15.0 Å². The lowest BCUT2D eigenvalue weighted by molar-refractivity contribution is 0.199. The van der Waals surface area contributed by atoms with Crippen LogP contribution in [-0.4, -0.2) is 62.4 Å². The second-order valence-corrected chi connectivity index (χ2v) is 6.30. The van der Waals surface area contributed by atoms with Crippen molar-refractivity contribution < 1.29 is 4.74 Å². The van der Waals surface area contributed by atoms with Gasteiger partial charge >= 0.3 is 0 Å². The van der Waals surface area contributed by atoms with E-state index in [1.807, 2.05) is 6.20 Å². The van der Waals surface area contributed by atoms with E-state index in [1.54, 1.807) is 18.4 Å². The molecule has 0 bridgehead atoms. The molecule has 1 atom stereocenters. The number of rotatable bonds is 7. The minimum atomic E-state index is 0.612. The number of nitrogens with zero attached hydrogens (tertiary/aromatic N) is 3. The highest BCUT2D eigenvalue weighted by Gasteiger charge is 2.23. The minimum Gasteiger partial charge on any atom is -0.383 e. The Balaban J connectivity index is 1.83. The van der Waals surface area contributed by atoms with E-state index in [-0.39, 0.29) is 0 Å². The summed E-state index contributed by atoms with van der Waals surface area (Å²) in [6, 6.07) is 0.612. The van der Waals surface area contributed by atoms with Gasteiger partial charge in [-0.1, -0.05) is 6.92 Å². The van der Waals surface area contributed by atoms with E-state index >= 15 is 0 Å². The van der Waals surface area contributed by atoms with Crippen LogP contribution in [0.15, 0.2) is 6.20 Å². The highest BCUT2D eigenvalue weighted by Crippen LogP contribution is 2.24. The summed E-state index contributed by atoms with van der Waals surface area (Å²) in [5.41, 5.74) is 0. The lowest BCUT2D eigenvalue weighted by atomic mass is 10.2. The summed E-state index contributed by atoms with van der Waals surface area (Å²) in [4.78, 5) is 10.8. The Hall–Kier alpha value is -0.690. The first-order valence-electron chi connectivity index (χ1n) is 7.38. The monoisotopic (exact) mass is 298 g/mol. The van der Waals surface area contributed by atoms with Crippen molar-refractivity contribution in [2.24, 2.45) is 0 Å². The van der Waals surface area contributed by atoms with Crippen molar-refractivity contribution in [3.8, 4) is 0 Å².